The van der Waals surface area contributed by atoms with E-state index in [1.54, 1.807) is 6.20 Å². The molecule has 1 aliphatic heterocycles. The van der Waals surface area contributed by atoms with Crippen molar-refractivity contribution in [1.29, 1.82) is 0 Å². The average molecular weight is 235 g/mol. The van der Waals surface area contributed by atoms with Gasteiger partial charge in [0, 0.05) is 18.8 Å². The lowest BCUT2D eigenvalue weighted by Crippen LogP contribution is -2.26. The first-order valence-corrected chi connectivity index (χ1v) is 6.28. The topological polar surface area (TPSA) is 51.4 Å². The monoisotopic (exact) mass is 235 g/mol. The van der Waals surface area contributed by atoms with Crippen molar-refractivity contribution >= 4 is 0 Å². The normalized spacial score (nSPS) is 20.7. The zero-order chi connectivity index (χ0) is 12.1. The standard InChI is InChI=1S/C13H21N3O/c1-16-8-3-4-11(16)6-9-17-13-5-2-7-15-12(13)10-14/h2,5,7,11H,3-4,6,8-10,14H2,1H3. The van der Waals surface area contributed by atoms with Crippen LogP contribution in [0.2, 0.25) is 0 Å². The van der Waals surface area contributed by atoms with Crippen LogP contribution in [0.25, 0.3) is 0 Å². The van der Waals surface area contributed by atoms with Gasteiger partial charge in [0.2, 0.25) is 0 Å². The average Bonchev–Trinajstić information content (AvgIpc) is 2.76. The molecule has 2 heterocycles. The summed E-state index contributed by atoms with van der Waals surface area (Å²) in [7, 11) is 2.19. The van der Waals surface area contributed by atoms with E-state index in [9.17, 15) is 0 Å². The Kier molecular flexibility index (Phi) is 4.34. The second-order valence-corrected chi connectivity index (χ2v) is 4.57. The third-order valence-electron chi connectivity index (χ3n) is 3.42. The molecule has 94 valence electrons. The molecule has 4 nitrogen and oxygen atoms in total. The van der Waals surface area contributed by atoms with E-state index in [1.165, 1.54) is 19.4 Å². The summed E-state index contributed by atoms with van der Waals surface area (Å²) >= 11 is 0. The lowest BCUT2D eigenvalue weighted by molar-refractivity contribution is 0.231. The van der Waals surface area contributed by atoms with Gasteiger partial charge in [-0.1, -0.05) is 0 Å². The molecule has 1 fully saturated rings. The number of pyridine rings is 1. The van der Waals surface area contributed by atoms with Crippen LogP contribution in [0.1, 0.15) is 25.0 Å². The first kappa shape index (κ1) is 12.3. The number of nitrogens with zero attached hydrogens (tertiary/aromatic N) is 2. The molecular weight excluding hydrogens is 214 g/mol. The van der Waals surface area contributed by atoms with E-state index in [1.807, 2.05) is 12.1 Å². The molecular formula is C13H21N3O. The molecule has 0 saturated carbocycles. The van der Waals surface area contributed by atoms with Crippen LogP contribution in [0.3, 0.4) is 0 Å². The van der Waals surface area contributed by atoms with E-state index in [2.05, 4.69) is 16.9 Å². The van der Waals surface area contributed by atoms with Gasteiger partial charge in [-0.05, 0) is 45.0 Å². The van der Waals surface area contributed by atoms with Gasteiger partial charge in [-0.2, -0.15) is 0 Å². The minimum Gasteiger partial charge on any atom is -0.492 e. The van der Waals surface area contributed by atoms with Crippen molar-refractivity contribution in [3.05, 3.63) is 24.0 Å². The third-order valence-corrected chi connectivity index (χ3v) is 3.42. The van der Waals surface area contributed by atoms with E-state index < -0.39 is 0 Å². The Morgan fingerprint density at radius 1 is 1.59 bits per heavy atom. The molecule has 0 aromatic carbocycles. The van der Waals surface area contributed by atoms with Gasteiger partial charge in [-0.25, -0.2) is 0 Å². The van der Waals surface area contributed by atoms with Crippen LogP contribution >= 0.6 is 0 Å². The van der Waals surface area contributed by atoms with Gasteiger partial charge >= 0.3 is 0 Å². The molecule has 1 atom stereocenters. The molecule has 17 heavy (non-hydrogen) atoms. The third kappa shape index (κ3) is 3.17. The Morgan fingerprint density at radius 3 is 3.18 bits per heavy atom. The molecule has 1 unspecified atom stereocenters. The number of likely N-dealkylation sites (tertiary alicyclic amines) is 1. The van der Waals surface area contributed by atoms with Gasteiger partial charge in [-0.3, -0.25) is 4.98 Å². The fraction of sp³-hybridized carbons (Fsp3) is 0.615. The summed E-state index contributed by atoms with van der Waals surface area (Å²) in [5, 5.41) is 0. The van der Waals surface area contributed by atoms with Crippen molar-refractivity contribution in [2.45, 2.75) is 31.8 Å². The molecule has 4 heteroatoms. The Morgan fingerprint density at radius 2 is 2.47 bits per heavy atom. The van der Waals surface area contributed by atoms with Crippen molar-refractivity contribution in [2.75, 3.05) is 20.2 Å². The van der Waals surface area contributed by atoms with Crippen LogP contribution in [-0.4, -0.2) is 36.1 Å². The number of hydrogen-bond donors (Lipinski definition) is 1. The lowest BCUT2D eigenvalue weighted by Gasteiger charge is -2.19. The van der Waals surface area contributed by atoms with E-state index >= 15 is 0 Å². The van der Waals surface area contributed by atoms with Gasteiger partial charge in [0.15, 0.2) is 0 Å². The van der Waals surface area contributed by atoms with E-state index in [4.69, 9.17) is 10.5 Å². The summed E-state index contributed by atoms with van der Waals surface area (Å²) in [6, 6.07) is 4.50. The first-order valence-electron chi connectivity index (χ1n) is 6.28. The van der Waals surface area contributed by atoms with Gasteiger partial charge in [-0.15, -0.1) is 0 Å². The van der Waals surface area contributed by atoms with Crippen LogP contribution in [0.5, 0.6) is 5.75 Å². The van der Waals surface area contributed by atoms with Crippen LogP contribution in [0.4, 0.5) is 0 Å². The maximum atomic E-state index is 5.77. The predicted molar refractivity (Wildman–Crippen MR) is 67.9 cm³/mol. The number of nitrogens with two attached hydrogens (primary N) is 1. The summed E-state index contributed by atoms with van der Waals surface area (Å²) in [6.07, 6.45) is 5.42. The SMILES string of the molecule is CN1CCCC1CCOc1cccnc1CN. The molecule has 0 spiro atoms. The molecule has 0 aliphatic carbocycles. The molecule has 1 aromatic rings. The van der Waals surface area contributed by atoms with Crippen molar-refractivity contribution < 1.29 is 4.74 Å². The van der Waals surface area contributed by atoms with Gasteiger partial charge in [0.25, 0.3) is 0 Å². The van der Waals surface area contributed by atoms with Crippen LogP contribution in [0.15, 0.2) is 18.3 Å². The molecule has 1 aliphatic rings. The minimum absolute atomic E-state index is 0.430. The predicted octanol–water partition coefficient (Wildman–Crippen LogP) is 1.40. The fourth-order valence-electron chi connectivity index (χ4n) is 2.36. The van der Waals surface area contributed by atoms with E-state index in [-0.39, 0.29) is 0 Å². The van der Waals surface area contributed by atoms with Crippen molar-refractivity contribution in [3.8, 4) is 5.75 Å². The largest absolute Gasteiger partial charge is 0.492 e. The number of rotatable bonds is 5. The number of aromatic nitrogens is 1. The highest BCUT2D eigenvalue weighted by atomic mass is 16.5. The smallest absolute Gasteiger partial charge is 0.142 e. The molecule has 1 aromatic heterocycles. The highest BCUT2D eigenvalue weighted by molar-refractivity contribution is 5.26. The Bertz CT molecular complexity index is 356. The Labute approximate surface area is 103 Å². The molecule has 1 saturated heterocycles. The maximum Gasteiger partial charge on any atom is 0.142 e. The fourth-order valence-corrected chi connectivity index (χ4v) is 2.36. The highest BCUT2D eigenvalue weighted by Gasteiger charge is 2.20. The van der Waals surface area contributed by atoms with Crippen molar-refractivity contribution in [1.82, 2.24) is 9.88 Å². The summed E-state index contributed by atoms with van der Waals surface area (Å²) < 4.78 is 5.77. The Hall–Kier alpha value is -1.13. The molecule has 2 rings (SSSR count). The molecule has 0 radical (unpaired) electrons. The van der Waals surface area contributed by atoms with Gasteiger partial charge in [0.1, 0.15) is 5.75 Å². The van der Waals surface area contributed by atoms with Gasteiger partial charge < -0.3 is 15.4 Å². The van der Waals surface area contributed by atoms with E-state index in [0.29, 0.717) is 12.6 Å². The van der Waals surface area contributed by atoms with Crippen molar-refractivity contribution in [3.63, 3.8) is 0 Å². The molecule has 0 bridgehead atoms. The quantitative estimate of drug-likeness (QED) is 0.838. The van der Waals surface area contributed by atoms with Crippen LogP contribution < -0.4 is 10.5 Å². The first-order chi connectivity index (χ1) is 8.31. The molecule has 0 amide bonds. The van der Waals surface area contributed by atoms with E-state index in [0.717, 1.165) is 24.5 Å². The summed E-state index contributed by atoms with van der Waals surface area (Å²) in [6.45, 7) is 2.39. The van der Waals surface area contributed by atoms with Crippen molar-refractivity contribution in [2.24, 2.45) is 5.73 Å². The maximum absolute atomic E-state index is 5.77. The minimum atomic E-state index is 0.430. The summed E-state index contributed by atoms with van der Waals surface area (Å²) in [5.41, 5.74) is 6.46. The summed E-state index contributed by atoms with van der Waals surface area (Å²) in [5.74, 6) is 0.829. The summed E-state index contributed by atoms with van der Waals surface area (Å²) in [4.78, 5) is 6.62. The zero-order valence-corrected chi connectivity index (χ0v) is 10.4. The number of ether oxygens (including phenoxy) is 1. The molecule has 2 N–H and O–H groups in total. The Balaban J connectivity index is 1.81. The second-order valence-electron chi connectivity index (χ2n) is 4.57. The lowest BCUT2D eigenvalue weighted by atomic mass is 10.1. The van der Waals surface area contributed by atoms with Crippen LogP contribution in [-0.2, 0) is 6.54 Å². The zero-order valence-electron chi connectivity index (χ0n) is 10.4. The second kappa shape index (κ2) is 5.98. The van der Waals surface area contributed by atoms with Gasteiger partial charge in [0.05, 0.1) is 12.3 Å². The highest BCUT2D eigenvalue weighted by Crippen LogP contribution is 2.19. The van der Waals surface area contributed by atoms with Crippen LogP contribution in [0, 0.1) is 0 Å². The number of hydrogen-bond acceptors (Lipinski definition) is 4.